The zero-order valence-electron chi connectivity index (χ0n) is 9.12. The van der Waals surface area contributed by atoms with E-state index in [9.17, 15) is 9.59 Å². The summed E-state index contributed by atoms with van der Waals surface area (Å²) < 4.78 is 5.81. The van der Waals surface area contributed by atoms with E-state index in [-0.39, 0.29) is 12.5 Å². The minimum atomic E-state index is -0.399. The number of nitrogen functional groups attached to an aromatic ring is 1. The van der Waals surface area contributed by atoms with E-state index in [0.29, 0.717) is 15.8 Å². The summed E-state index contributed by atoms with van der Waals surface area (Å²) in [5.74, 6) is 4.85. The van der Waals surface area contributed by atoms with E-state index in [1.54, 1.807) is 18.2 Å². The number of hydrazine groups is 1. The van der Waals surface area contributed by atoms with E-state index in [1.165, 1.54) is 7.05 Å². The fourth-order valence-electron chi connectivity index (χ4n) is 1.06. The molecule has 0 radical (unpaired) electrons. The first-order valence-corrected chi connectivity index (χ1v) is 5.51. The van der Waals surface area contributed by atoms with Crippen molar-refractivity contribution in [2.45, 2.75) is 0 Å². The zero-order chi connectivity index (χ0) is 12.8. The van der Waals surface area contributed by atoms with Crippen LogP contribution < -0.4 is 21.3 Å². The Morgan fingerprint density at radius 2 is 2.18 bits per heavy atom. The highest BCUT2D eigenvalue weighted by atomic mass is 79.9. The Morgan fingerprint density at radius 1 is 1.47 bits per heavy atom. The molecule has 0 saturated carbocycles. The fraction of sp³-hybridized carbons (Fsp3) is 0.200. The minimum absolute atomic E-state index is 0.0858. The lowest BCUT2D eigenvalue weighted by atomic mass is 10.2. The van der Waals surface area contributed by atoms with Gasteiger partial charge in [-0.15, -0.1) is 0 Å². The first kappa shape index (κ1) is 13.5. The first-order valence-electron chi connectivity index (χ1n) is 4.72. The largest absolute Gasteiger partial charge is 0.483 e. The third-order valence-corrected chi connectivity index (χ3v) is 2.58. The van der Waals surface area contributed by atoms with E-state index in [0.717, 1.165) is 0 Å². The lowest BCUT2D eigenvalue weighted by Gasteiger charge is -2.08. The molecule has 0 heterocycles. The Morgan fingerprint density at radius 3 is 2.71 bits per heavy atom. The Bertz CT molecular complexity index is 437. The first-order chi connectivity index (χ1) is 8.08. The van der Waals surface area contributed by atoms with Gasteiger partial charge in [-0.1, -0.05) is 0 Å². The maximum Gasteiger partial charge on any atom is 0.265 e. The number of nitrogens with two attached hydrogens (primary N) is 1. The van der Waals surface area contributed by atoms with Crippen LogP contribution >= 0.6 is 15.9 Å². The third kappa shape index (κ3) is 3.72. The SMILES string of the molecule is CNC(=O)COc1ccc(C(=O)NN)cc1Br. The van der Waals surface area contributed by atoms with Gasteiger partial charge in [0.1, 0.15) is 5.75 Å². The van der Waals surface area contributed by atoms with Gasteiger partial charge in [0.15, 0.2) is 6.61 Å². The summed E-state index contributed by atoms with van der Waals surface area (Å²) in [5, 5.41) is 2.43. The van der Waals surface area contributed by atoms with Crippen molar-refractivity contribution in [3.05, 3.63) is 28.2 Å². The van der Waals surface area contributed by atoms with Gasteiger partial charge in [-0.3, -0.25) is 15.0 Å². The Hall–Kier alpha value is -1.60. The molecule has 92 valence electrons. The Kier molecular flexibility index (Phi) is 4.92. The monoisotopic (exact) mass is 301 g/mol. The van der Waals surface area contributed by atoms with Gasteiger partial charge in [0.05, 0.1) is 4.47 Å². The molecule has 2 amide bonds. The highest BCUT2D eigenvalue weighted by Gasteiger charge is 2.08. The summed E-state index contributed by atoms with van der Waals surface area (Å²) in [4.78, 5) is 22.2. The van der Waals surface area contributed by atoms with Crippen LogP contribution in [-0.2, 0) is 4.79 Å². The van der Waals surface area contributed by atoms with E-state index < -0.39 is 5.91 Å². The van der Waals surface area contributed by atoms with Crippen molar-refractivity contribution < 1.29 is 14.3 Å². The summed E-state index contributed by atoms with van der Waals surface area (Å²) in [5.41, 5.74) is 2.42. The molecule has 0 aliphatic rings. The number of halogens is 1. The molecule has 1 aromatic rings. The van der Waals surface area contributed by atoms with Gasteiger partial charge in [0, 0.05) is 12.6 Å². The topological polar surface area (TPSA) is 93.4 Å². The Labute approximate surface area is 107 Å². The number of amides is 2. The van der Waals surface area contributed by atoms with Crippen LogP contribution in [0.25, 0.3) is 0 Å². The average molecular weight is 302 g/mol. The molecular formula is C10H12BrN3O3. The van der Waals surface area contributed by atoms with Gasteiger partial charge in [-0.25, -0.2) is 5.84 Å². The smallest absolute Gasteiger partial charge is 0.265 e. The molecule has 4 N–H and O–H groups in total. The van der Waals surface area contributed by atoms with Crippen LogP contribution in [0.3, 0.4) is 0 Å². The molecule has 0 bridgehead atoms. The van der Waals surface area contributed by atoms with Gasteiger partial charge in [0.2, 0.25) is 0 Å². The molecule has 0 aliphatic heterocycles. The normalized spacial score (nSPS) is 9.59. The Balaban J connectivity index is 2.76. The van der Waals surface area contributed by atoms with Crippen molar-refractivity contribution in [1.82, 2.24) is 10.7 Å². The van der Waals surface area contributed by atoms with Crippen molar-refractivity contribution in [2.24, 2.45) is 5.84 Å². The highest BCUT2D eigenvalue weighted by Crippen LogP contribution is 2.25. The van der Waals surface area contributed by atoms with E-state index in [4.69, 9.17) is 10.6 Å². The number of carbonyl (C=O) groups excluding carboxylic acids is 2. The molecule has 0 unspecified atom stereocenters. The molecule has 6 nitrogen and oxygen atoms in total. The average Bonchev–Trinajstić information content (AvgIpc) is 2.35. The molecule has 17 heavy (non-hydrogen) atoms. The molecule has 1 rings (SSSR count). The summed E-state index contributed by atoms with van der Waals surface area (Å²) in [6.45, 7) is -0.0858. The van der Waals surface area contributed by atoms with Crippen LogP contribution in [-0.4, -0.2) is 25.5 Å². The van der Waals surface area contributed by atoms with Crippen LogP contribution in [0.1, 0.15) is 10.4 Å². The van der Waals surface area contributed by atoms with Crippen LogP contribution in [0.2, 0.25) is 0 Å². The summed E-state index contributed by atoms with van der Waals surface area (Å²) in [6, 6.07) is 4.69. The predicted molar refractivity (Wildman–Crippen MR) is 65.4 cm³/mol. The predicted octanol–water partition coefficient (Wildman–Crippen LogP) is 0.177. The molecular weight excluding hydrogens is 290 g/mol. The van der Waals surface area contributed by atoms with Crippen LogP contribution in [0, 0.1) is 0 Å². The van der Waals surface area contributed by atoms with Gasteiger partial charge < -0.3 is 10.1 Å². The maximum absolute atomic E-state index is 11.2. The molecule has 0 saturated heterocycles. The zero-order valence-corrected chi connectivity index (χ0v) is 10.7. The molecule has 0 atom stereocenters. The van der Waals surface area contributed by atoms with E-state index >= 15 is 0 Å². The molecule has 0 spiro atoms. The van der Waals surface area contributed by atoms with Gasteiger partial charge in [-0.2, -0.15) is 0 Å². The quantitative estimate of drug-likeness (QED) is 0.420. The molecule has 0 aromatic heterocycles. The van der Waals surface area contributed by atoms with Gasteiger partial charge in [0.25, 0.3) is 11.8 Å². The fourth-order valence-corrected chi connectivity index (χ4v) is 1.55. The number of likely N-dealkylation sites (N-methyl/N-ethyl adjacent to an activating group) is 1. The van der Waals surface area contributed by atoms with Crippen molar-refractivity contribution in [3.8, 4) is 5.75 Å². The second-order valence-corrected chi connectivity index (χ2v) is 3.93. The maximum atomic E-state index is 11.2. The second kappa shape index (κ2) is 6.21. The summed E-state index contributed by atoms with van der Waals surface area (Å²) in [6.07, 6.45) is 0. The number of hydrogen-bond donors (Lipinski definition) is 3. The van der Waals surface area contributed by atoms with E-state index in [2.05, 4.69) is 21.2 Å². The van der Waals surface area contributed by atoms with E-state index in [1.807, 2.05) is 5.43 Å². The van der Waals surface area contributed by atoms with Crippen molar-refractivity contribution in [3.63, 3.8) is 0 Å². The number of nitrogens with one attached hydrogen (secondary N) is 2. The van der Waals surface area contributed by atoms with Crippen molar-refractivity contribution >= 4 is 27.7 Å². The second-order valence-electron chi connectivity index (χ2n) is 3.08. The summed E-state index contributed by atoms with van der Waals surface area (Å²) in [7, 11) is 1.52. The number of ether oxygens (including phenoxy) is 1. The standard InChI is InChI=1S/C10H12BrN3O3/c1-13-9(15)5-17-8-3-2-6(4-7(8)11)10(16)14-12/h2-4H,5,12H2,1H3,(H,13,15)(H,14,16). The van der Waals surface area contributed by atoms with Crippen LogP contribution in [0.5, 0.6) is 5.75 Å². The molecule has 0 aliphatic carbocycles. The number of carbonyl (C=O) groups is 2. The number of hydrogen-bond acceptors (Lipinski definition) is 4. The lowest BCUT2D eigenvalue weighted by Crippen LogP contribution is -2.30. The number of benzene rings is 1. The van der Waals surface area contributed by atoms with Crippen LogP contribution in [0.15, 0.2) is 22.7 Å². The van der Waals surface area contributed by atoms with Gasteiger partial charge in [-0.05, 0) is 34.1 Å². The van der Waals surface area contributed by atoms with Crippen molar-refractivity contribution in [2.75, 3.05) is 13.7 Å². The molecule has 0 fully saturated rings. The number of rotatable bonds is 4. The minimum Gasteiger partial charge on any atom is -0.483 e. The van der Waals surface area contributed by atoms with Crippen LogP contribution in [0.4, 0.5) is 0 Å². The highest BCUT2D eigenvalue weighted by molar-refractivity contribution is 9.10. The third-order valence-electron chi connectivity index (χ3n) is 1.96. The molecule has 7 heteroatoms. The summed E-state index contributed by atoms with van der Waals surface area (Å²) >= 11 is 3.24. The van der Waals surface area contributed by atoms with Gasteiger partial charge >= 0.3 is 0 Å². The van der Waals surface area contributed by atoms with Crippen molar-refractivity contribution in [1.29, 1.82) is 0 Å². The molecule has 1 aromatic carbocycles. The lowest BCUT2D eigenvalue weighted by molar-refractivity contribution is -0.122.